The lowest BCUT2D eigenvalue weighted by Gasteiger charge is -2.24. The zero-order chi connectivity index (χ0) is 15.7. The third-order valence-electron chi connectivity index (χ3n) is 4.97. The van der Waals surface area contributed by atoms with Crippen LogP contribution in [0.15, 0.2) is 18.2 Å². The molecule has 1 aliphatic carbocycles. The molecule has 2 N–H and O–H groups in total. The average Bonchev–Trinajstić information content (AvgIpc) is 2.91. The zero-order valence-corrected chi connectivity index (χ0v) is 14.7. The van der Waals surface area contributed by atoms with Crippen molar-refractivity contribution in [3.8, 4) is 0 Å². The van der Waals surface area contributed by atoms with Gasteiger partial charge in [0.15, 0.2) is 0 Å². The quantitative estimate of drug-likeness (QED) is 0.855. The first-order valence-electron chi connectivity index (χ1n) is 8.06. The third-order valence-corrected chi connectivity index (χ3v) is 5.30. The topological polar surface area (TPSA) is 41.1 Å². The minimum absolute atomic E-state index is 0. The van der Waals surface area contributed by atoms with E-state index >= 15 is 0 Å². The van der Waals surface area contributed by atoms with Gasteiger partial charge in [-0.15, -0.1) is 12.4 Å². The maximum absolute atomic E-state index is 13.9. The van der Waals surface area contributed by atoms with Gasteiger partial charge in [-0.1, -0.05) is 30.5 Å². The first-order valence-corrected chi connectivity index (χ1v) is 8.44. The number of nitrogens with one attached hydrogen (secondary N) is 2. The summed E-state index contributed by atoms with van der Waals surface area (Å²) in [6.45, 7) is 1.77. The van der Waals surface area contributed by atoms with Crippen LogP contribution in [0.4, 0.5) is 4.39 Å². The second kappa shape index (κ2) is 7.82. The number of halogens is 3. The molecule has 0 radical (unpaired) electrons. The zero-order valence-electron chi connectivity index (χ0n) is 13.1. The van der Waals surface area contributed by atoms with Crippen molar-refractivity contribution >= 4 is 29.9 Å². The van der Waals surface area contributed by atoms with Crippen molar-refractivity contribution in [1.29, 1.82) is 0 Å². The van der Waals surface area contributed by atoms with Gasteiger partial charge >= 0.3 is 0 Å². The van der Waals surface area contributed by atoms with Crippen molar-refractivity contribution in [1.82, 2.24) is 10.6 Å². The van der Waals surface area contributed by atoms with Crippen molar-refractivity contribution in [2.45, 2.75) is 57.2 Å². The summed E-state index contributed by atoms with van der Waals surface area (Å²) >= 11 is 6.06. The summed E-state index contributed by atoms with van der Waals surface area (Å²) in [7, 11) is 0. The molecule has 1 amide bonds. The lowest BCUT2D eigenvalue weighted by Crippen LogP contribution is -2.44. The van der Waals surface area contributed by atoms with Crippen LogP contribution in [0.3, 0.4) is 0 Å². The Balaban J connectivity index is 0.00000192. The number of carbonyl (C=O) groups is 1. The van der Waals surface area contributed by atoms with E-state index in [-0.39, 0.29) is 30.2 Å². The van der Waals surface area contributed by atoms with Gasteiger partial charge in [0.1, 0.15) is 5.82 Å². The molecule has 4 unspecified atom stereocenters. The number of fused-ring (bicyclic) bond motifs is 1. The predicted molar refractivity (Wildman–Crippen MR) is 92.5 cm³/mol. The van der Waals surface area contributed by atoms with Gasteiger partial charge in [0.05, 0.1) is 12.1 Å². The summed E-state index contributed by atoms with van der Waals surface area (Å²) in [6, 6.07) is 4.44. The van der Waals surface area contributed by atoms with Gasteiger partial charge in [0.25, 0.3) is 0 Å². The average molecular weight is 361 g/mol. The van der Waals surface area contributed by atoms with E-state index in [9.17, 15) is 9.18 Å². The van der Waals surface area contributed by atoms with Crippen LogP contribution in [-0.2, 0) is 4.79 Å². The Kier molecular flexibility index (Phi) is 6.29. The maximum atomic E-state index is 13.9. The van der Waals surface area contributed by atoms with Crippen LogP contribution in [0.1, 0.15) is 50.6 Å². The molecule has 3 rings (SSSR count). The fourth-order valence-corrected chi connectivity index (χ4v) is 4.16. The maximum Gasteiger partial charge on any atom is 0.237 e. The molecule has 128 valence electrons. The van der Waals surface area contributed by atoms with Gasteiger partial charge in [-0.3, -0.25) is 4.79 Å². The predicted octanol–water partition coefficient (Wildman–Crippen LogP) is 4.00. The van der Waals surface area contributed by atoms with Gasteiger partial charge < -0.3 is 10.6 Å². The first kappa shape index (κ1) is 18.5. The number of rotatable bonds is 3. The summed E-state index contributed by atoms with van der Waals surface area (Å²) in [5, 5.41) is 6.69. The molecule has 4 atom stereocenters. The van der Waals surface area contributed by atoms with Crippen LogP contribution in [0, 0.1) is 11.7 Å². The van der Waals surface area contributed by atoms with Crippen molar-refractivity contribution in [2.24, 2.45) is 5.92 Å². The van der Waals surface area contributed by atoms with Crippen molar-refractivity contribution in [3.05, 3.63) is 34.6 Å². The largest absolute Gasteiger partial charge is 0.348 e. The number of benzene rings is 1. The molecule has 1 saturated carbocycles. The number of hydrogen-bond donors (Lipinski definition) is 2. The van der Waals surface area contributed by atoms with E-state index < -0.39 is 6.04 Å². The molecule has 1 saturated heterocycles. The molecule has 1 heterocycles. The van der Waals surface area contributed by atoms with Gasteiger partial charge in [-0.2, -0.15) is 0 Å². The monoisotopic (exact) mass is 360 g/mol. The second-order valence-corrected chi connectivity index (χ2v) is 6.88. The van der Waals surface area contributed by atoms with Gasteiger partial charge in [0.2, 0.25) is 5.91 Å². The molecule has 0 bridgehead atoms. The highest BCUT2D eigenvalue weighted by molar-refractivity contribution is 6.31. The van der Waals surface area contributed by atoms with E-state index in [1.54, 1.807) is 19.1 Å². The van der Waals surface area contributed by atoms with Crippen LogP contribution in [0.5, 0.6) is 0 Å². The Morgan fingerprint density at radius 1 is 1.39 bits per heavy atom. The lowest BCUT2D eigenvalue weighted by molar-refractivity contribution is -0.123. The van der Waals surface area contributed by atoms with Crippen LogP contribution in [-0.4, -0.2) is 18.0 Å². The summed E-state index contributed by atoms with van der Waals surface area (Å²) in [5.41, 5.74) is 0.355. The SMILES string of the molecule is CC(NC(=O)C1CC2CCCCC2N1)c1c(F)cccc1Cl.Cl. The van der Waals surface area contributed by atoms with Crippen LogP contribution < -0.4 is 10.6 Å². The van der Waals surface area contributed by atoms with E-state index in [2.05, 4.69) is 10.6 Å². The summed E-state index contributed by atoms with van der Waals surface area (Å²) in [5.74, 6) is 0.173. The highest BCUT2D eigenvalue weighted by Crippen LogP contribution is 2.33. The highest BCUT2D eigenvalue weighted by Gasteiger charge is 2.38. The Bertz CT molecular complexity index is 535. The Morgan fingerprint density at radius 2 is 2.13 bits per heavy atom. The smallest absolute Gasteiger partial charge is 0.237 e. The molecule has 6 heteroatoms. The molecule has 1 aromatic carbocycles. The van der Waals surface area contributed by atoms with Gasteiger partial charge in [0, 0.05) is 16.6 Å². The normalized spacial score (nSPS) is 27.7. The van der Waals surface area contributed by atoms with Crippen LogP contribution >= 0.6 is 24.0 Å². The summed E-state index contributed by atoms with van der Waals surface area (Å²) in [6.07, 6.45) is 5.75. The van der Waals surface area contributed by atoms with E-state index in [1.807, 2.05) is 0 Å². The second-order valence-electron chi connectivity index (χ2n) is 6.47. The highest BCUT2D eigenvalue weighted by atomic mass is 35.5. The number of amides is 1. The van der Waals surface area contributed by atoms with Crippen molar-refractivity contribution < 1.29 is 9.18 Å². The van der Waals surface area contributed by atoms with Gasteiger partial charge in [-0.05, 0) is 44.2 Å². The Hall–Kier alpha value is -0.840. The fourth-order valence-electron chi connectivity index (χ4n) is 3.83. The summed E-state index contributed by atoms with van der Waals surface area (Å²) in [4.78, 5) is 12.5. The molecule has 0 aromatic heterocycles. The molecule has 23 heavy (non-hydrogen) atoms. The molecule has 3 nitrogen and oxygen atoms in total. The van der Waals surface area contributed by atoms with E-state index in [0.717, 1.165) is 12.8 Å². The van der Waals surface area contributed by atoms with E-state index in [1.165, 1.54) is 25.3 Å². The molecular weight excluding hydrogens is 338 g/mol. The first-order chi connectivity index (χ1) is 10.6. The minimum atomic E-state index is -0.439. The standard InChI is InChI=1S/C17H22ClFN2O.ClH/c1-10(16-12(18)6-4-7-13(16)19)20-17(22)15-9-11-5-2-3-8-14(11)21-15;/h4,6-7,10-11,14-15,21H,2-3,5,8-9H2,1H3,(H,20,22);1H. The number of carbonyl (C=O) groups excluding carboxylic acids is 1. The number of hydrogen-bond acceptors (Lipinski definition) is 2. The molecule has 1 aliphatic heterocycles. The van der Waals surface area contributed by atoms with E-state index in [0.29, 0.717) is 22.5 Å². The Morgan fingerprint density at radius 3 is 2.83 bits per heavy atom. The third kappa shape index (κ3) is 3.98. The minimum Gasteiger partial charge on any atom is -0.348 e. The fraction of sp³-hybridized carbons (Fsp3) is 0.588. The van der Waals surface area contributed by atoms with Crippen LogP contribution in [0.2, 0.25) is 5.02 Å². The summed E-state index contributed by atoms with van der Waals surface area (Å²) < 4.78 is 13.9. The van der Waals surface area contributed by atoms with Crippen molar-refractivity contribution in [2.75, 3.05) is 0 Å². The van der Waals surface area contributed by atoms with Crippen molar-refractivity contribution in [3.63, 3.8) is 0 Å². The molecule has 2 fully saturated rings. The molecule has 2 aliphatic rings. The van der Waals surface area contributed by atoms with Crippen LogP contribution in [0.25, 0.3) is 0 Å². The molecule has 0 spiro atoms. The van der Waals surface area contributed by atoms with Gasteiger partial charge in [-0.25, -0.2) is 4.39 Å². The Labute approximate surface area is 147 Å². The van der Waals surface area contributed by atoms with E-state index in [4.69, 9.17) is 11.6 Å². The lowest BCUT2D eigenvalue weighted by atomic mass is 9.85. The molecule has 1 aromatic rings. The molecular formula is C17H23Cl2FN2O.